The van der Waals surface area contributed by atoms with Gasteiger partial charge in [0.2, 0.25) is 0 Å². The van der Waals surface area contributed by atoms with Crippen molar-refractivity contribution < 1.29 is 0 Å². The molecule has 0 saturated heterocycles. The smallest absolute Gasteiger partial charge is 0.0541 e. The van der Waals surface area contributed by atoms with Gasteiger partial charge in [-0.1, -0.05) is 170 Å². The molecule has 0 aliphatic rings. The largest absolute Gasteiger partial charge is 0.310 e. The van der Waals surface area contributed by atoms with Gasteiger partial charge in [-0.25, -0.2) is 0 Å². The van der Waals surface area contributed by atoms with Crippen LogP contribution in [0.15, 0.2) is 243 Å². The van der Waals surface area contributed by atoms with Crippen LogP contribution in [-0.2, 0) is 0 Å². The SMILES string of the molecule is c1ccc(-c2c3ccccc3c(-c3ccc(N(c4ccccc4)c4ccc5cc(-c6ccc7c(c6)c6ccccc6n7-c6ccccc6)ccc5c4)cc3)c3ccccc23)cc1. The first-order chi connectivity index (χ1) is 30.8. The van der Waals surface area contributed by atoms with Crippen molar-refractivity contribution in [2.45, 2.75) is 0 Å². The zero-order valence-electron chi connectivity index (χ0n) is 34.0. The lowest BCUT2D eigenvalue weighted by atomic mass is 9.86. The number of benzene rings is 11. The van der Waals surface area contributed by atoms with E-state index in [1.165, 1.54) is 93.2 Å². The van der Waals surface area contributed by atoms with Gasteiger partial charge in [0.25, 0.3) is 0 Å². The maximum absolute atomic E-state index is 2.37. The van der Waals surface area contributed by atoms with Crippen LogP contribution in [0.25, 0.3) is 93.2 Å². The average molecular weight is 789 g/mol. The third-order valence-electron chi connectivity index (χ3n) is 12.5. The predicted octanol–water partition coefficient (Wildman–Crippen LogP) is 16.7. The highest BCUT2D eigenvalue weighted by molar-refractivity contribution is 6.21. The Morgan fingerprint density at radius 1 is 0.258 bits per heavy atom. The van der Waals surface area contributed by atoms with E-state index in [0.29, 0.717) is 0 Å². The molecule has 11 aromatic carbocycles. The molecule has 2 nitrogen and oxygen atoms in total. The van der Waals surface area contributed by atoms with Crippen molar-refractivity contribution in [1.29, 1.82) is 0 Å². The molecule has 1 aromatic heterocycles. The van der Waals surface area contributed by atoms with Crippen molar-refractivity contribution >= 4 is 71.2 Å². The summed E-state index contributed by atoms with van der Waals surface area (Å²) in [5.74, 6) is 0. The predicted molar refractivity (Wildman–Crippen MR) is 264 cm³/mol. The fraction of sp³-hybridized carbons (Fsp3) is 0. The third kappa shape index (κ3) is 5.96. The van der Waals surface area contributed by atoms with Crippen LogP contribution in [0.2, 0.25) is 0 Å². The molecule has 0 N–H and O–H groups in total. The van der Waals surface area contributed by atoms with Crippen LogP contribution in [0.5, 0.6) is 0 Å². The summed E-state index contributed by atoms with van der Waals surface area (Å²) in [4.78, 5) is 2.36. The summed E-state index contributed by atoms with van der Waals surface area (Å²) in [5, 5.41) is 9.95. The van der Waals surface area contributed by atoms with Gasteiger partial charge in [-0.15, -0.1) is 0 Å². The fourth-order valence-corrected chi connectivity index (χ4v) is 9.72. The van der Waals surface area contributed by atoms with Gasteiger partial charge in [-0.3, -0.25) is 0 Å². The number of hydrogen-bond donors (Lipinski definition) is 0. The minimum absolute atomic E-state index is 1.11. The molecular weight excluding hydrogens is 749 g/mol. The molecule has 1 heterocycles. The Hall–Kier alpha value is -8.20. The van der Waals surface area contributed by atoms with E-state index in [0.717, 1.165) is 17.1 Å². The highest BCUT2D eigenvalue weighted by Crippen LogP contribution is 2.45. The number of para-hydroxylation sites is 3. The summed E-state index contributed by atoms with van der Waals surface area (Å²) < 4.78 is 2.37. The molecule has 0 bridgehead atoms. The molecule has 290 valence electrons. The average Bonchev–Trinajstić information content (AvgIpc) is 3.68. The van der Waals surface area contributed by atoms with E-state index in [4.69, 9.17) is 0 Å². The van der Waals surface area contributed by atoms with Crippen molar-refractivity contribution in [3.05, 3.63) is 243 Å². The topological polar surface area (TPSA) is 8.17 Å². The molecule has 0 unspecified atom stereocenters. The van der Waals surface area contributed by atoms with Crippen molar-refractivity contribution in [3.63, 3.8) is 0 Å². The maximum atomic E-state index is 2.37. The number of fused-ring (bicyclic) bond motifs is 6. The summed E-state index contributed by atoms with van der Waals surface area (Å²) in [5.41, 5.74) is 14.3. The molecule has 0 aliphatic carbocycles. The highest BCUT2D eigenvalue weighted by Gasteiger charge is 2.19. The summed E-state index contributed by atoms with van der Waals surface area (Å²) in [6.45, 7) is 0. The standard InChI is InChI=1S/C60H40N2/c1-4-16-41(17-5-1)59-52-23-10-12-25-54(52)60(55-26-13-11-24-53(55)59)42-30-34-49(35-31-42)61(47-18-6-2-7-19-47)50-36-32-44-38-43(28-29-45(44)39-50)46-33-37-58-56(40-46)51-22-14-15-27-57(51)62(58)48-20-8-3-9-21-48/h1-40H. The summed E-state index contributed by atoms with van der Waals surface area (Å²) in [6.07, 6.45) is 0. The lowest BCUT2D eigenvalue weighted by molar-refractivity contribution is 1.18. The van der Waals surface area contributed by atoms with Crippen molar-refractivity contribution in [2.75, 3.05) is 4.90 Å². The quantitative estimate of drug-likeness (QED) is 0.146. The van der Waals surface area contributed by atoms with Crippen LogP contribution in [0.4, 0.5) is 17.1 Å². The molecule has 0 aliphatic heterocycles. The summed E-state index contributed by atoms with van der Waals surface area (Å²) >= 11 is 0. The lowest BCUT2D eigenvalue weighted by Crippen LogP contribution is -2.09. The first kappa shape index (κ1) is 35.7. The first-order valence-electron chi connectivity index (χ1n) is 21.3. The van der Waals surface area contributed by atoms with Gasteiger partial charge in [0.15, 0.2) is 0 Å². The second-order valence-corrected chi connectivity index (χ2v) is 16.1. The van der Waals surface area contributed by atoms with Gasteiger partial charge >= 0.3 is 0 Å². The van der Waals surface area contributed by atoms with Crippen molar-refractivity contribution in [2.24, 2.45) is 0 Å². The van der Waals surface area contributed by atoms with E-state index >= 15 is 0 Å². The Bertz CT molecular complexity index is 3550. The Labute approximate surface area is 360 Å². The van der Waals surface area contributed by atoms with Crippen LogP contribution in [0.1, 0.15) is 0 Å². The number of rotatable bonds is 7. The molecule has 2 heteroatoms. The summed E-state index contributed by atoms with van der Waals surface area (Å²) in [7, 11) is 0. The Morgan fingerprint density at radius 3 is 1.35 bits per heavy atom. The molecule has 0 saturated carbocycles. The molecule has 62 heavy (non-hydrogen) atoms. The molecule has 0 spiro atoms. The summed E-state index contributed by atoms with van der Waals surface area (Å²) in [6, 6.07) is 88.3. The number of anilines is 3. The van der Waals surface area contributed by atoms with Gasteiger partial charge < -0.3 is 9.47 Å². The van der Waals surface area contributed by atoms with Gasteiger partial charge in [-0.05, 0) is 138 Å². The molecular formula is C60H40N2. The normalized spacial score (nSPS) is 11.5. The fourth-order valence-electron chi connectivity index (χ4n) is 9.72. The van der Waals surface area contributed by atoms with Crippen LogP contribution >= 0.6 is 0 Å². The van der Waals surface area contributed by atoms with E-state index in [1.54, 1.807) is 0 Å². The lowest BCUT2D eigenvalue weighted by Gasteiger charge is -2.26. The van der Waals surface area contributed by atoms with Crippen LogP contribution < -0.4 is 4.90 Å². The van der Waals surface area contributed by atoms with Crippen LogP contribution in [0, 0.1) is 0 Å². The monoisotopic (exact) mass is 788 g/mol. The van der Waals surface area contributed by atoms with Crippen LogP contribution in [0.3, 0.4) is 0 Å². The molecule has 0 atom stereocenters. The molecule has 12 aromatic rings. The Kier molecular flexibility index (Phi) is 8.53. The maximum Gasteiger partial charge on any atom is 0.0541 e. The van der Waals surface area contributed by atoms with Gasteiger partial charge in [-0.2, -0.15) is 0 Å². The first-order valence-corrected chi connectivity index (χ1v) is 21.3. The number of hydrogen-bond acceptors (Lipinski definition) is 1. The Balaban J connectivity index is 0.931. The molecule has 12 rings (SSSR count). The van der Waals surface area contributed by atoms with Gasteiger partial charge in [0, 0.05) is 33.5 Å². The zero-order valence-corrected chi connectivity index (χ0v) is 34.0. The van der Waals surface area contributed by atoms with E-state index < -0.39 is 0 Å². The molecule has 0 amide bonds. The molecule has 0 fully saturated rings. The van der Waals surface area contributed by atoms with Gasteiger partial charge in [0.1, 0.15) is 0 Å². The van der Waals surface area contributed by atoms with Crippen molar-refractivity contribution in [1.82, 2.24) is 4.57 Å². The zero-order chi connectivity index (χ0) is 41.0. The van der Waals surface area contributed by atoms with Gasteiger partial charge in [0.05, 0.1) is 11.0 Å². The number of nitrogens with zero attached hydrogens (tertiary/aromatic N) is 2. The molecule has 0 radical (unpaired) electrons. The Morgan fingerprint density at radius 2 is 0.694 bits per heavy atom. The number of aromatic nitrogens is 1. The second-order valence-electron chi connectivity index (χ2n) is 16.1. The minimum Gasteiger partial charge on any atom is -0.310 e. The van der Waals surface area contributed by atoms with E-state index in [2.05, 4.69) is 252 Å². The highest BCUT2D eigenvalue weighted by atomic mass is 15.1. The second kappa shape index (κ2) is 14.8. The van der Waals surface area contributed by atoms with Crippen LogP contribution in [-0.4, -0.2) is 4.57 Å². The van der Waals surface area contributed by atoms with E-state index in [-0.39, 0.29) is 0 Å². The minimum atomic E-state index is 1.11. The van der Waals surface area contributed by atoms with E-state index in [1.807, 2.05) is 0 Å². The van der Waals surface area contributed by atoms with Crippen molar-refractivity contribution in [3.8, 4) is 39.1 Å². The van der Waals surface area contributed by atoms with E-state index in [9.17, 15) is 0 Å². The third-order valence-corrected chi connectivity index (χ3v) is 12.5.